The van der Waals surface area contributed by atoms with Gasteiger partial charge in [-0.1, -0.05) is 12.1 Å². The van der Waals surface area contributed by atoms with E-state index in [-0.39, 0.29) is 18.0 Å². The number of halogens is 1. The van der Waals surface area contributed by atoms with Gasteiger partial charge in [0.15, 0.2) is 4.80 Å². The number of amides is 2. The zero-order valence-corrected chi connectivity index (χ0v) is 15.2. The molecule has 0 bridgehead atoms. The van der Waals surface area contributed by atoms with Gasteiger partial charge >= 0.3 is 0 Å². The SMILES string of the molecule is COCCNC(=O)Cn1c(C)c(C)sc1=NC(=O)c1ccccc1F. The Labute approximate surface area is 149 Å². The van der Waals surface area contributed by atoms with Gasteiger partial charge in [0.1, 0.15) is 12.4 Å². The summed E-state index contributed by atoms with van der Waals surface area (Å²) in [7, 11) is 1.55. The van der Waals surface area contributed by atoms with Crippen LogP contribution in [0, 0.1) is 19.7 Å². The summed E-state index contributed by atoms with van der Waals surface area (Å²) in [6.45, 7) is 4.58. The predicted molar refractivity (Wildman–Crippen MR) is 93.0 cm³/mol. The number of nitrogens with zero attached hydrogens (tertiary/aromatic N) is 2. The summed E-state index contributed by atoms with van der Waals surface area (Å²) in [6.07, 6.45) is 0. The normalized spacial score (nSPS) is 11.6. The van der Waals surface area contributed by atoms with Crippen LogP contribution in [0.15, 0.2) is 29.3 Å². The van der Waals surface area contributed by atoms with Crippen LogP contribution in [0.25, 0.3) is 0 Å². The highest BCUT2D eigenvalue weighted by molar-refractivity contribution is 7.09. The molecule has 2 amide bonds. The summed E-state index contributed by atoms with van der Waals surface area (Å²) < 4.78 is 20.3. The van der Waals surface area contributed by atoms with Crippen molar-refractivity contribution >= 4 is 23.2 Å². The van der Waals surface area contributed by atoms with Gasteiger partial charge in [-0.05, 0) is 26.0 Å². The van der Waals surface area contributed by atoms with Crippen LogP contribution in [0.5, 0.6) is 0 Å². The van der Waals surface area contributed by atoms with Crippen molar-refractivity contribution in [1.29, 1.82) is 0 Å². The zero-order chi connectivity index (χ0) is 18.4. The largest absolute Gasteiger partial charge is 0.383 e. The minimum atomic E-state index is -0.673. The lowest BCUT2D eigenvalue weighted by molar-refractivity contribution is -0.121. The van der Waals surface area contributed by atoms with Gasteiger partial charge in [-0.15, -0.1) is 11.3 Å². The molecule has 0 saturated carbocycles. The Balaban J connectivity index is 2.29. The first kappa shape index (κ1) is 19.0. The molecule has 1 heterocycles. The highest BCUT2D eigenvalue weighted by atomic mass is 32.1. The Morgan fingerprint density at radius 2 is 2.04 bits per heavy atom. The molecule has 0 aliphatic heterocycles. The summed E-state index contributed by atoms with van der Waals surface area (Å²) >= 11 is 1.29. The van der Waals surface area contributed by atoms with Crippen molar-refractivity contribution in [1.82, 2.24) is 9.88 Å². The van der Waals surface area contributed by atoms with Crippen molar-refractivity contribution in [3.8, 4) is 0 Å². The number of methoxy groups -OCH3 is 1. The predicted octanol–water partition coefficient (Wildman–Crippen LogP) is 1.81. The highest BCUT2D eigenvalue weighted by Gasteiger charge is 2.14. The molecule has 0 unspecified atom stereocenters. The Bertz CT molecular complexity index is 842. The van der Waals surface area contributed by atoms with Crippen LogP contribution in [-0.2, 0) is 16.1 Å². The summed E-state index contributed by atoms with van der Waals surface area (Å²) in [5, 5.41) is 2.72. The molecule has 134 valence electrons. The molecule has 1 aromatic carbocycles. The number of carbonyl (C=O) groups is 2. The third-order valence-corrected chi connectivity index (χ3v) is 4.72. The number of ether oxygens (including phenoxy) is 1. The van der Waals surface area contributed by atoms with Crippen LogP contribution < -0.4 is 10.1 Å². The number of hydrogen-bond acceptors (Lipinski definition) is 4. The maximum Gasteiger partial charge on any atom is 0.282 e. The first-order chi connectivity index (χ1) is 11.9. The molecule has 6 nitrogen and oxygen atoms in total. The molecule has 0 aliphatic rings. The van der Waals surface area contributed by atoms with Crippen LogP contribution in [0.4, 0.5) is 4.39 Å². The number of thiazole rings is 1. The molecular weight excluding hydrogens is 345 g/mol. The maximum absolute atomic E-state index is 13.8. The van der Waals surface area contributed by atoms with Gasteiger partial charge in [-0.3, -0.25) is 9.59 Å². The third-order valence-electron chi connectivity index (χ3n) is 3.62. The number of rotatable bonds is 6. The Morgan fingerprint density at radius 3 is 2.72 bits per heavy atom. The van der Waals surface area contributed by atoms with Crippen molar-refractivity contribution in [3.05, 3.63) is 51.0 Å². The first-order valence-corrected chi connectivity index (χ1v) is 8.51. The zero-order valence-electron chi connectivity index (χ0n) is 14.3. The molecule has 0 saturated heterocycles. The minimum Gasteiger partial charge on any atom is -0.383 e. The average molecular weight is 365 g/mol. The Kier molecular flexibility index (Phi) is 6.60. The fraction of sp³-hybridized carbons (Fsp3) is 0.353. The average Bonchev–Trinajstić information content (AvgIpc) is 2.83. The lowest BCUT2D eigenvalue weighted by atomic mass is 10.2. The number of nitrogens with one attached hydrogen (secondary N) is 1. The van der Waals surface area contributed by atoms with Gasteiger partial charge in [-0.2, -0.15) is 4.99 Å². The number of aromatic nitrogens is 1. The summed E-state index contributed by atoms with van der Waals surface area (Å²) in [5.74, 6) is -1.50. The lowest BCUT2D eigenvalue weighted by Crippen LogP contribution is -2.33. The van der Waals surface area contributed by atoms with E-state index in [0.29, 0.717) is 18.0 Å². The van der Waals surface area contributed by atoms with Crippen molar-refractivity contribution in [2.75, 3.05) is 20.3 Å². The Morgan fingerprint density at radius 1 is 1.32 bits per heavy atom. The van der Waals surface area contributed by atoms with Gasteiger partial charge in [0.25, 0.3) is 5.91 Å². The van der Waals surface area contributed by atoms with E-state index in [0.717, 1.165) is 10.6 Å². The highest BCUT2D eigenvalue weighted by Crippen LogP contribution is 2.11. The smallest absolute Gasteiger partial charge is 0.282 e. The second-order valence-corrected chi connectivity index (χ2v) is 6.53. The van der Waals surface area contributed by atoms with Gasteiger partial charge in [0.05, 0.1) is 12.2 Å². The van der Waals surface area contributed by atoms with Crippen molar-refractivity contribution in [2.45, 2.75) is 20.4 Å². The lowest BCUT2D eigenvalue weighted by Gasteiger charge is -2.07. The number of hydrogen-bond donors (Lipinski definition) is 1. The van der Waals surface area contributed by atoms with E-state index in [1.807, 2.05) is 13.8 Å². The molecular formula is C17H20FN3O3S. The van der Waals surface area contributed by atoms with E-state index >= 15 is 0 Å². The van der Waals surface area contributed by atoms with Crippen LogP contribution in [-0.4, -0.2) is 36.6 Å². The van der Waals surface area contributed by atoms with Gasteiger partial charge in [-0.25, -0.2) is 4.39 Å². The molecule has 0 radical (unpaired) electrons. The maximum atomic E-state index is 13.8. The fourth-order valence-corrected chi connectivity index (χ4v) is 3.11. The van der Waals surface area contributed by atoms with E-state index in [1.165, 1.54) is 29.5 Å². The van der Waals surface area contributed by atoms with Crippen molar-refractivity contribution in [3.63, 3.8) is 0 Å². The van der Waals surface area contributed by atoms with E-state index in [4.69, 9.17) is 4.74 Å². The molecule has 0 aliphatic carbocycles. The topological polar surface area (TPSA) is 72.7 Å². The number of benzene rings is 1. The second kappa shape index (κ2) is 8.68. The van der Waals surface area contributed by atoms with Crippen molar-refractivity contribution in [2.24, 2.45) is 4.99 Å². The monoisotopic (exact) mass is 365 g/mol. The molecule has 2 rings (SSSR count). The quantitative estimate of drug-likeness (QED) is 0.794. The minimum absolute atomic E-state index is 0.0310. The molecule has 0 spiro atoms. The Hall–Kier alpha value is -2.32. The van der Waals surface area contributed by atoms with Gasteiger partial charge in [0.2, 0.25) is 5.91 Å². The molecule has 25 heavy (non-hydrogen) atoms. The van der Waals surface area contributed by atoms with E-state index in [2.05, 4.69) is 10.3 Å². The third kappa shape index (κ3) is 4.83. The van der Waals surface area contributed by atoms with E-state index in [1.54, 1.807) is 17.7 Å². The summed E-state index contributed by atoms with van der Waals surface area (Å²) in [4.78, 5) is 29.6. The fourth-order valence-electron chi connectivity index (χ4n) is 2.14. The van der Waals surface area contributed by atoms with Crippen molar-refractivity contribution < 1.29 is 18.7 Å². The number of aryl methyl sites for hydroxylation is 1. The number of carbonyl (C=O) groups excluding carboxylic acids is 2. The van der Waals surface area contributed by atoms with Crippen LogP contribution in [0.1, 0.15) is 20.9 Å². The molecule has 0 fully saturated rings. The van der Waals surface area contributed by atoms with E-state index in [9.17, 15) is 14.0 Å². The molecule has 0 atom stereocenters. The van der Waals surface area contributed by atoms with Crippen LogP contribution in [0.3, 0.4) is 0 Å². The molecule has 8 heteroatoms. The molecule has 1 N–H and O–H groups in total. The summed E-state index contributed by atoms with van der Waals surface area (Å²) in [5.41, 5.74) is 0.745. The van der Waals surface area contributed by atoms with Gasteiger partial charge < -0.3 is 14.6 Å². The van der Waals surface area contributed by atoms with Crippen LogP contribution in [0.2, 0.25) is 0 Å². The molecule has 1 aromatic heterocycles. The van der Waals surface area contributed by atoms with Gasteiger partial charge in [0, 0.05) is 24.2 Å². The second-order valence-electron chi connectivity index (χ2n) is 5.35. The van der Waals surface area contributed by atoms with Crippen LogP contribution >= 0.6 is 11.3 Å². The first-order valence-electron chi connectivity index (χ1n) is 7.70. The molecule has 2 aromatic rings. The van der Waals surface area contributed by atoms with E-state index < -0.39 is 11.7 Å². The summed E-state index contributed by atoms with van der Waals surface area (Å²) in [6, 6.07) is 5.69. The standard InChI is InChI=1S/C17H20FN3O3S/c1-11-12(2)25-17(21(11)10-15(22)19-8-9-24-3)20-16(23)13-6-4-5-7-14(13)18/h4-7H,8-10H2,1-3H3,(H,19,22).